The van der Waals surface area contributed by atoms with Gasteiger partial charge in [-0.15, -0.1) is 0 Å². The highest BCUT2D eigenvalue weighted by atomic mass is 32.2. The second-order valence-electron chi connectivity index (χ2n) is 9.78. The zero-order chi connectivity index (χ0) is 29.1. The quantitative estimate of drug-likeness (QED) is 0.115. The van der Waals surface area contributed by atoms with Gasteiger partial charge in [-0.3, -0.25) is 15.5 Å². The average Bonchev–Trinajstić information content (AvgIpc) is 2.95. The Balaban J connectivity index is 1.53. The van der Waals surface area contributed by atoms with Gasteiger partial charge in [-0.2, -0.15) is 0 Å². The fourth-order valence-corrected chi connectivity index (χ4v) is 6.30. The van der Waals surface area contributed by atoms with Crippen molar-refractivity contribution in [3.8, 4) is 0 Å². The molecule has 4 aromatic carbocycles. The molecule has 0 fully saturated rings. The van der Waals surface area contributed by atoms with Crippen LogP contribution in [0.25, 0.3) is 10.8 Å². The minimum atomic E-state index is -4.18. The number of nitrogens with two attached hydrogens (primary N) is 1. The van der Waals surface area contributed by atoms with Crippen LogP contribution in [0.1, 0.15) is 28.3 Å². The van der Waals surface area contributed by atoms with Crippen molar-refractivity contribution in [2.75, 3.05) is 0 Å². The van der Waals surface area contributed by atoms with Crippen molar-refractivity contribution >= 4 is 38.6 Å². The van der Waals surface area contributed by atoms with E-state index in [0.717, 1.165) is 10.8 Å². The van der Waals surface area contributed by atoms with E-state index in [1.165, 1.54) is 6.07 Å². The van der Waals surface area contributed by atoms with E-state index in [-0.39, 0.29) is 23.6 Å². The molecule has 0 radical (unpaired) electrons. The smallest absolute Gasteiger partial charge is 0.450 e. The van der Waals surface area contributed by atoms with E-state index in [2.05, 4.69) is 10.0 Å². The number of nitrogens with one attached hydrogen (secondary N) is 3. The lowest BCUT2D eigenvalue weighted by Crippen LogP contribution is -2.52. The largest absolute Gasteiger partial charge is 0.507 e. The Bertz CT molecular complexity index is 1760. The van der Waals surface area contributed by atoms with E-state index in [1.807, 2.05) is 18.2 Å². The van der Waals surface area contributed by atoms with Crippen LogP contribution in [0.3, 0.4) is 0 Å². The summed E-state index contributed by atoms with van der Waals surface area (Å²) in [5.41, 5.74) is 7.99. The normalized spacial score (nSPS) is 17.4. The van der Waals surface area contributed by atoms with Gasteiger partial charge in [0.15, 0.2) is 12.0 Å². The number of nitrogen functional groups attached to an aromatic ring is 1. The molecular formula is C30H28N4O6S. The van der Waals surface area contributed by atoms with Crippen LogP contribution in [0.15, 0.2) is 95.9 Å². The molecule has 1 aliphatic rings. The zero-order valence-electron chi connectivity index (χ0n) is 21.8. The Morgan fingerprint density at radius 3 is 2.49 bits per heavy atom. The van der Waals surface area contributed by atoms with Gasteiger partial charge in [0.2, 0.25) is 10.0 Å². The number of amidine groups is 1. The molecule has 0 saturated carbocycles. The lowest BCUT2D eigenvalue weighted by Gasteiger charge is -2.33. The van der Waals surface area contributed by atoms with Crippen LogP contribution < -0.4 is 15.8 Å². The number of hydrogen-bond acceptors (Lipinski definition) is 7. The van der Waals surface area contributed by atoms with Crippen molar-refractivity contribution in [1.82, 2.24) is 10.0 Å². The number of rotatable bonds is 9. The summed E-state index contributed by atoms with van der Waals surface area (Å²) in [5, 5.41) is 21.5. The first kappa shape index (κ1) is 28.0. The molecule has 6 N–H and O–H groups in total. The summed E-state index contributed by atoms with van der Waals surface area (Å²) in [7, 11) is -4.18. The first-order valence-corrected chi connectivity index (χ1v) is 14.3. The third kappa shape index (κ3) is 6.27. The first-order valence-electron chi connectivity index (χ1n) is 12.8. The van der Waals surface area contributed by atoms with E-state index >= 15 is 0 Å². The van der Waals surface area contributed by atoms with Crippen LogP contribution in [-0.2, 0) is 32.4 Å². The molecule has 2 unspecified atom stereocenters. The minimum Gasteiger partial charge on any atom is -0.450 e. The summed E-state index contributed by atoms with van der Waals surface area (Å²) < 4.78 is 34.9. The molecule has 210 valence electrons. The van der Waals surface area contributed by atoms with Gasteiger partial charge in [-0.25, -0.2) is 17.9 Å². The fraction of sp³-hybridized carbons (Fsp3) is 0.167. The molecule has 4 aromatic rings. The Hall–Kier alpha value is -4.58. The second kappa shape index (κ2) is 11.5. The standard InChI is InChI=1S/C30H28N4O6S/c31-29(32)22-10-5-6-18(14-22)15-25(34-41(38,39)23-13-12-19-7-1-2-8-20(19)16-23)28(35)27-24-11-4-3-9-21(24)17-26(33-27)40-30(36)37/h1-14,16,25-27,33-34H,15,17H2,(H3,31,32)(H,36,37)/t25-,26?,27?/m0/s1. The summed E-state index contributed by atoms with van der Waals surface area (Å²) in [6, 6.07) is 23.5. The van der Waals surface area contributed by atoms with Gasteiger partial charge in [0.25, 0.3) is 0 Å². The van der Waals surface area contributed by atoms with Crippen LogP contribution in [0.5, 0.6) is 0 Å². The van der Waals surface area contributed by atoms with Crippen molar-refractivity contribution in [1.29, 1.82) is 5.41 Å². The maximum atomic E-state index is 14.2. The maximum Gasteiger partial charge on any atom is 0.507 e. The first-order chi connectivity index (χ1) is 19.6. The van der Waals surface area contributed by atoms with Crippen LogP contribution >= 0.6 is 0 Å². The Morgan fingerprint density at radius 1 is 1.00 bits per heavy atom. The number of Topliss-reactive ketones (excluding diaryl/α,β-unsaturated/α-hetero) is 1. The maximum absolute atomic E-state index is 14.2. The molecule has 5 rings (SSSR count). The monoisotopic (exact) mass is 572 g/mol. The molecule has 0 saturated heterocycles. The van der Waals surface area contributed by atoms with E-state index in [0.29, 0.717) is 22.3 Å². The van der Waals surface area contributed by atoms with E-state index in [4.69, 9.17) is 15.9 Å². The van der Waals surface area contributed by atoms with Crippen molar-refractivity contribution in [3.63, 3.8) is 0 Å². The SMILES string of the molecule is N=C(N)c1cccc(C[C@H](NS(=O)(=O)c2ccc3ccccc3c2)C(=O)C2NC(OC(=O)O)Cc3ccccc32)c1. The molecule has 0 spiro atoms. The fourth-order valence-electron chi connectivity index (χ4n) is 5.06. The number of ketones is 1. The molecule has 3 atom stereocenters. The van der Waals surface area contributed by atoms with Gasteiger partial charge >= 0.3 is 6.16 Å². The zero-order valence-corrected chi connectivity index (χ0v) is 22.6. The third-order valence-corrected chi connectivity index (χ3v) is 8.47. The topological polar surface area (TPSA) is 172 Å². The molecule has 0 amide bonds. The van der Waals surface area contributed by atoms with Crippen molar-refractivity contribution in [3.05, 3.63) is 113 Å². The lowest BCUT2D eigenvalue weighted by molar-refractivity contribution is -0.124. The highest BCUT2D eigenvalue weighted by Gasteiger charge is 2.37. The van der Waals surface area contributed by atoms with Crippen molar-refractivity contribution < 1.29 is 27.9 Å². The minimum absolute atomic E-state index is 0.00410. The molecule has 0 aliphatic carbocycles. The van der Waals surface area contributed by atoms with E-state index < -0.39 is 40.3 Å². The second-order valence-corrected chi connectivity index (χ2v) is 11.5. The molecule has 0 aromatic heterocycles. The Morgan fingerprint density at radius 2 is 1.73 bits per heavy atom. The van der Waals surface area contributed by atoms with Gasteiger partial charge in [-0.05, 0) is 52.1 Å². The third-order valence-electron chi connectivity index (χ3n) is 7.00. The number of ether oxygens (including phenoxy) is 1. The summed E-state index contributed by atoms with van der Waals surface area (Å²) in [6.07, 6.45) is -2.34. The summed E-state index contributed by atoms with van der Waals surface area (Å²) in [4.78, 5) is 25.5. The number of benzene rings is 4. The Labute approximate surface area is 236 Å². The predicted molar refractivity (Wildman–Crippen MR) is 153 cm³/mol. The van der Waals surface area contributed by atoms with Gasteiger partial charge in [0.1, 0.15) is 5.84 Å². The highest BCUT2D eigenvalue weighted by molar-refractivity contribution is 7.89. The average molecular weight is 573 g/mol. The summed E-state index contributed by atoms with van der Waals surface area (Å²) in [5.74, 6) is -0.684. The van der Waals surface area contributed by atoms with E-state index in [1.54, 1.807) is 66.7 Å². The number of hydrogen-bond donors (Lipinski definition) is 5. The van der Waals surface area contributed by atoms with Gasteiger partial charge in [0, 0.05) is 12.0 Å². The Kier molecular flexibility index (Phi) is 7.84. The number of carboxylic acid groups (broad SMARTS) is 1. The number of fused-ring (bicyclic) bond motifs is 2. The molecule has 0 bridgehead atoms. The van der Waals surface area contributed by atoms with Gasteiger partial charge in [0.05, 0.1) is 17.0 Å². The summed E-state index contributed by atoms with van der Waals surface area (Å²) >= 11 is 0. The van der Waals surface area contributed by atoms with E-state index in [9.17, 15) is 23.1 Å². The molecule has 10 nitrogen and oxygen atoms in total. The number of sulfonamides is 1. The van der Waals surface area contributed by atoms with Crippen molar-refractivity contribution in [2.45, 2.75) is 36.0 Å². The van der Waals surface area contributed by atoms with Crippen LogP contribution in [0.2, 0.25) is 0 Å². The molecular weight excluding hydrogens is 544 g/mol. The van der Waals surface area contributed by atoms with Crippen molar-refractivity contribution in [2.24, 2.45) is 5.73 Å². The molecule has 41 heavy (non-hydrogen) atoms. The van der Waals surface area contributed by atoms with Crippen LogP contribution in [-0.4, -0.2) is 43.6 Å². The van der Waals surface area contributed by atoms with Gasteiger partial charge < -0.3 is 15.6 Å². The predicted octanol–water partition coefficient (Wildman–Crippen LogP) is 3.49. The number of carbonyl (C=O) groups excluding carboxylic acids is 1. The number of carbonyl (C=O) groups is 2. The summed E-state index contributed by atoms with van der Waals surface area (Å²) in [6.45, 7) is 0. The lowest BCUT2D eigenvalue weighted by atomic mass is 9.87. The molecule has 1 aliphatic heterocycles. The van der Waals surface area contributed by atoms with Crippen LogP contribution in [0, 0.1) is 5.41 Å². The van der Waals surface area contributed by atoms with Gasteiger partial charge in [-0.1, -0.05) is 72.8 Å². The highest BCUT2D eigenvalue weighted by Crippen LogP contribution is 2.29. The molecule has 1 heterocycles. The molecule has 11 heteroatoms. The van der Waals surface area contributed by atoms with Crippen LogP contribution in [0.4, 0.5) is 4.79 Å².